The molecular weight excluding hydrogens is 418 g/mol. The van der Waals surface area contributed by atoms with Gasteiger partial charge in [0.1, 0.15) is 17.3 Å². The maximum absolute atomic E-state index is 11.5. The second-order valence-electron chi connectivity index (χ2n) is 8.94. The zero-order valence-corrected chi connectivity index (χ0v) is 18.7. The average Bonchev–Trinajstić information content (AvgIpc) is 3.47. The number of nitrogens with zero attached hydrogens (tertiary/aromatic N) is 2. The summed E-state index contributed by atoms with van der Waals surface area (Å²) >= 11 is 0. The maximum atomic E-state index is 11.5. The fraction of sp³-hybridized carbons (Fsp3) is 0.423. The number of rotatable bonds is 9. The molecule has 0 saturated carbocycles. The molecule has 3 aromatic rings. The number of hydrogen-bond donors (Lipinski definition) is 2. The van der Waals surface area contributed by atoms with Gasteiger partial charge in [0.25, 0.3) is 0 Å². The average molecular weight is 448 g/mol. The zero-order valence-electron chi connectivity index (χ0n) is 18.7. The van der Waals surface area contributed by atoms with Crippen LogP contribution in [-0.4, -0.2) is 34.4 Å². The minimum Gasteiger partial charge on any atom is -0.493 e. The lowest BCUT2D eigenvalue weighted by atomic mass is 9.90. The van der Waals surface area contributed by atoms with E-state index in [9.17, 15) is 9.90 Å². The molecule has 33 heavy (non-hydrogen) atoms. The quantitative estimate of drug-likeness (QED) is 0.504. The van der Waals surface area contributed by atoms with Gasteiger partial charge in [-0.15, -0.1) is 0 Å². The number of fused-ring (bicyclic) bond motifs is 2. The van der Waals surface area contributed by atoms with E-state index in [4.69, 9.17) is 14.2 Å². The molecule has 7 nitrogen and oxygen atoms in total. The van der Waals surface area contributed by atoms with Crippen LogP contribution in [0.2, 0.25) is 0 Å². The Kier molecular flexibility index (Phi) is 6.28. The molecule has 1 atom stereocenters. The third kappa shape index (κ3) is 5.18. The van der Waals surface area contributed by atoms with Crippen LogP contribution in [0.5, 0.6) is 5.75 Å². The molecule has 0 aliphatic carbocycles. The number of benzene rings is 1. The predicted octanol–water partition coefficient (Wildman–Crippen LogP) is 4.34. The van der Waals surface area contributed by atoms with Crippen LogP contribution in [-0.2, 0) is 36.9 Å². The Hall–Kier alpha value is -3.35. The summed E-state index contributed by atoms with van der Waals surface area (Å²) in [6.07, 6.45) is 6.29. The summed E-state index contributed by atoms with van der Waals surface area (Å²) in [5.74, 6) is 1.73. The van der Waals surface area contributed by atoms with Crippen LogP contribution in [0.4, 0.5) is 5.82 Å². The molecule has 0 saturated heterocycles. The number of aliphatic carboxylic acids is 1. The molecular formula is C26H29N3O4. The Labute approximate surface area is 193 Å². The molecule has 2 aromatic heterocycles. The summed E-state index contributed by atoms with van der Waals surface area (Å²) in [6.45, 7) is 1.68. The van der Waals surface area contributed by atoms with E-state index in [-0.39, 0.29) is 12.3 Å². The second kappa shape index (κ2) is 9.65. The van der Waals surface area contributed by atoms with Gasteiger partial charge >= 0.3 is 5.97 Å². The van der Waals surface area contributed by atoms with Crippen molar-refractivity contribution >= 4 is 11.8 Å². The lowest BCUT2D eigenvalue weighted by Crippen LogP contribution is -2.14. The van der Waals surface area contributed by atoms with Gasteiger partial charge in [-0.25, -0.2) is 4.98 Å². The molecule has 0 amide bonds. The largest absolute Gasteiger partial charge is 0.493 e. The van der Waals surface area contributed by atoms with Crippen LogP contribution in [0, 0.1) is 0 Å². The number of carboxylic acids is 1. The number of carbonyl (C=O) groups is 1. The third-order valence-electron chi connectivity index (χ3n) is 6.48. The Bertz CT molecular complexity index is 1140. The molecule has 1 aromatic carbocycles. The number of pyridine rings is 1. The highest BCUT2D eigenvalue weighted by Gasteiger charge is 2.21. The molecule has 2 N–H and O–H groups in total. The first-order chi connectivity index (χ1) is 16.1. The normalized spacial score (nSPS) is 15.3. The van der Waals surface area contributed by atoms with Gasteiger partial charge in [-0.3, -0.25) is 4.79 Å². The van der Waals surface area contributed by atoms with E-state index in [1.165, 1.54) is 11.1 Å². The van der Waals surface area contributed by atoms with Crippen LogP contribution >= 0.6 is 0 Å². The highest BCUT2D eigenvalue weighted by Crippen LogP contribution is 2.32. The molecule has 0 fully saturated rings. The number of hydrogen-bond acceptors (Lipinski definition) is 6. The second-order valence-corrected chi connectivity index (χ2v) is 8.94. The minimum atomic E-state index is -0.822. The van der Waals surface area contributed by atoms with Crippen molar-refractivity contribution in [3.8, 4) is 5.75 Å². The highest BCUT2D eigenvalue weighted by molar-refractivity contribution is 5.68. The van der Waals surface area contributed by atoms with Crippen molar-refractivity contribution in [1.29, 1.82) is 0 Å². The summed E-state index contributed by atoms with van der Waals surface area (Å²) in [5, 5.41) is 17.0. The molecule has 0 bridgehead atoms. The summed E-state index contributed by atoms with van der Waals surface area (Å²) < 4.78 is 11.2. The molecule has 1 unspecified atom stereocenters. The van der Waals surface area contributed by atoms with Crippen molar-refractivity contribution in [2.45, 2.75) is 57.3 Å². The van der Waals surface area contributed by atoms with Crippen molar-refractivity contribution in [2.75, 3.05) is 18.5 Å². The van der Waals surface area contributed by atoms with Gasteiger partial charge in [0.2, 0.25) is 0 Å². The molecule has 2 aliphatic heterocycles. The van der Waals surface area contributed by atoms with Crippen LogP contribution < -0.4 is 10.1 Å². The molecule has 0 radical (unpaired) electrons. The summed E-state index contributed by atoms with van der Waals surface area (Å²) in [7, 11) is 0. The summed E-state index contributed by atoms with van der Waals surface area (Å²) in [5.41, 5.74) is 5.32. The standard InChI is InChI=1S/C26H29N3O4/c30-25(31)15-20(19-7-6-17-10-12-32-24(17)14-19)13-22-16-23(33-29-22)5-1-4-21-9-8-18-3-2-11-27-26(18)28-21/h6-9,14,16,20H,1-5,10-13,15H2,(H,27,28)(H,30,31). The van der Waals surface area contributed by atoms with Gasteiger partial charge in [-0.05, 0) is 54.5 Å². The first-order valence-electron chi connectivity index (χ1n) is 11.8. The summed E-state index contributed by atoms with van der Waals surface area (Å²) in [6, 6.07) is 12.3. The van der Waals surface area contributed by atoms with Crippen LogP contribution in [0.1, 0.15) is 59.0 Å². The lowest BCUT2D eigenvalue weighted by molar-refractivity contribution is -0.137. The highest BCUT2D eigenvalue weighted by atomic mass is 16.5. The molecule has 4 heterocycles. The Morgan fingerprint density at radius 2 is 2.00 bits per heavy atom. The van der Waals surface area contributed by atoms with Gasteiger partial charge in [-0.2, -0.15) is 0 Å². The Balaban J connectivity index is 1.19. The first kappa shape index (κ1) is 21.5. The SMILES string of the molecule is O=C(O)CC(Cc1cc(CCCc2ccc3c(n2)NCCC3)on1)c1ccc2c(c1)OCC2. The molecule has 2 aliphatic rings. The number of ether oxygens (including phenoxy) is 1. The van der Waals surface area contributed by atoms with Gasteiger partial charge in [0.05, 0.1) is 18.7 Å². The van der Waals surface area contributed by atoms with E-state index in [1.54, 1.807) is 0 Å². The topological polar surface area (TPSA) is 97.5 Å². The third-order valence-corrected chi connectivity index (χ3v) is 6.48. The van der Waals surface area contributed by atoms with E-state index in [0.29, 0.717) is 13.0 Å². The van der Waals surface area contributed by atoms with E-state index in [0.717, 1.165) is 79.3 Å². The van der Waals surface area contributed by atoms with Gasteiger partial charge in [0, 0.05) is 43.5 Å². The lowest BCUT2D eigenvalue weighted by Gasteiger charge is -2.17. The van der Waals surface area contributed by atoms with Crippen LogP contribution in [0.3, 0.4) is 0 Å². The molecule has 7 heteroatoms. The number of anilines is 1. The Morgan fingerprint density at radius 1 is 1.09 bits per heavy atom. The maximum Gasteiger partial charge on any atom is 0.303 e. The first-order valence-corrected chi connectivity index (χ1v) is 11.8. The van der Waals surface area contributed by atoms with E-state index >= 15 is 0 Å². The number of nitrogens with one attached hydrogen (secondary N) is 1. The number of aryl methyl sites for hydroxylation is 3. The zero-order chi connectivity index (χ0) is 22.6. The monoisotopic (exact) mass is 447 g/mol. The van der Waals surface area contributed by atoms with E-state index in [2.05, 4.69) is 22.6 Å². The van der Waals surface area contributed by atoms with Crippen molar-refractivity contribution < 1.29 is 19.2 Å². The fourth-order valence-corrected chi connectivity index (χ4v) is 4.73. The number of aromatic nitrogens is 2. The molecule has 5 rings (SSSR count). The number of carboxylic acid groups (broad SMARTS) is 1. The van der Waals surface area contributed by atoms with Gasteiger partial charge < -0.3 is 19.7 Å². The summed E-state index contributed by atoms with van der Waals surface area (Å²) in [4.78, 5) is 16.2. The fourth-order valence-electron chi connectivity index (χ4n) is 4.73. The van der Waals surface area contributed by atoms with Crippen molar-refractivity contribution in [3.05, 3.63) is 70.2 Å². The van der Waals surface area contributed by atoms with E-state index in [1.807, 2.05) is 24.3 Å². The Morgan fingerprint density at radius 3 is 2.91 bits per heavy atom. The van der Waals surface area contributed by atoms with Crippen LogP contribution in [0.15, 0.2) is 40.9 Å². The van der Waals surface area contributed by atoms with Crippen molar-refractivity contribution in [3.63, 3.8) is 0 Å². The molecule has 172 valence electrons. The van der Waals surface area contributed by atoms with Crippen molar-refractivity contribution in [1.82, 2.24) is 10.1 Å². The van der Waals surface area contributed by atoms with Gasteiger partial charge in [-0.1, -0.05) is 23.4 Å². The molecule has 0 spiro atoms. The minimum absolute atomic E-state index is 0.0407. The van der Waals surface area contributed by atoms with Crippen LogP contribution in [0.25, 0.3) is 0 Å². The van der Waals surface area contributed by atoms with E-state index < -0.39 is 5.97 Å². The smallest absolute Gasteiger partial charge is 0.303 e. The predicted molar refractivity (Wildman–Crippen MR) is 124 cm³/mol. The van der Waals surface area contributed by atoms with Crippen molar-refractivity contribution in [2.24, 2.45) is 0 Å². The van der Waals surface area contributed by atoms with Gasteiger partial charge in [0.15, 0.2) is 0 Å².